The quantitative estimate of drug-likeness (QED) is 0.778. The molecule has 0 atom stereocenters. The number of carbonyl (C=O) groups excluding carboxylic acids is 1. The number of carbonyl (C=O) groups is 1. The van der Waals surface area contributed by atoms with Crippen molar-refractivity contribution < 1.29 is 9.53 Å². The summed E-state index contributed by atoms with van der Waals surface area (Å²) in [5.74, 6) is 0.889. The Bertz CT molecular complexity index is 627. The van der Waals surface area contributed by atoms with E-state index in [1.165, 1.54) is 0 Å². The number of hydrogen-bond acceptors (Lipinski definition) is 2. The van der Waals surface area contributed by atoms with Crippen LogP contribution in [0.5, 0.6) is 5.75 Å². The minimum absolute atomic E-state index is 0.0707. The summed E-state index contributed by atoms with van der Waals surface area (Å²) in [5.41, 5.74) is 4.42. The Morgan fingerprint density at radius 3 is 2.21 bits per heavy atom. The summed E-state index contributed by atoms with van der Waals surface area (Å²) in [6.45, 7) is 5.85. The molecule has 2 nitrogen and oxygen atoms in total. The van der Waals surface area contributed by atoms with Crippen LogP contribution in [0.1, 0.15) is 32.6 Å². The van der Waals surface area contributed by atoms with Crippen molar-refractivity contribution in [2.24, 2.45) is 0 Å². The van der Waals surface area contributed by atoms with Crippen LogP contribution in [-0.4, -0.2) is 12.9 Å². The van der Waals surface area contributed by atoms with E-state index in [1.807, 2.05) is 57.2 Å². The Labute approximate surface area is 114 Å². The lowest BCUT2D eigenvalue weighted by atomic mass is 9.94. The molecule has 0 aliphatic carbocycles. The molecule has 0 saturated heterocycles. The molecule has 2 aromatic rings. The highest BCUT2D eigenvalue weighted by Crippen LogP contribution is 2.25. The van der Waals surface area contributed by atoms with Gasteiger partial charge in [-0.1, -0.05) is 24.3 Å². The first kappa shape index (κ1) is 13.3. The molecule has 19 heavy (non-hydrogen) atoms. The van der Waals surface area contributed by atoms with Crippen LogP contribution in [0.15, 0.2) is 36.4 Å². The predicted molar refractivity (Wildman–Crippen MR) is 77.1 cm³/mol. The van der Waals surface area contributed by atoms with Crippen molar-refractivity contribution in [1.82, 2.24) is 0 Å². The normalized spacial score (nSPS) is 10.3. The van der Waals surface area contributed by atoms with Crippen LogP contribution in [0, 0.1) is 20.8 Å². The average Bonchev–Trinajstić information content (AvgIpc) is 2.40. The fourth-order valence-electron chi connectivity index (χ4n) is 2.23. The van der Waals surface area contributed by atoms with E-state index in [9.17, 15) is 4.79 Å². The van der Waals surface area contributed by atoms with Gasteiger partial charge >= 0.3 is 0 Å². The molecule has 0 unspecified atom stereocenters. The van der Waals surface area contributed by atoms with Gasteiger partial charge in [0.25, 0.3) is 0 Å². The van der Waals surface area contributed by atoms with E-state index in [1.54, 1.807) is 7.11 Å². The third-order valence-corrected chi connectivity index (χ3v) is 3.38. The van der Waals surface area contributed by atoms with E-state index >= 15 is 0 Å². The number of aryl methyl sites for hydroxylation is 3. The van der Waals surface area contributed by atoms with Crippen LogP contribution >= 0.6 is 0 Å². The summed E-state index contributed by atoms with van der Waals surface area (Å²) in [4.78, 5) is 12.6. The lowest BCUT2D eigenvalue weighted by molar-refractivity contribution is 0.103. The Morgan fingerprint density at radius 1 is 0.895 bits per heavy atom. The first-order chi connectivity index (χ1) is 9.04. The van der Waals surface area contributed by atoms with E-state index < -0.39 is 0 Å². The summed E-state index contributed by atoms with van der Waals surface area (Å²) in [7, 11) is 1.64. The van der Waals surface area contributed by atoms with Gasteiger partial charge in [-0.25, -0.2) is 0 Å². The zero-order valence-electron chi connectivity index (χ0n) is 11.8. The molecule has 2 aromatic carbocycles. The average molecular weight is 254 g/mol. The van der Waals surface area contributed by atoms with E-state index in [2.05, 4.69) is 0 Å². The van der Waals surface area contributed by atoms with Crippen LogP contribution in [0.25, 0.3) is 0 Å². The highest BCUT2D eigenvalue weighted by atomic mass is 16.5. The van der Waals surface area contributed by atoms with E-state index in [4.69, 9.17) is 4.74 Å². The van der Waals surface area contributed by atoms with Crippen LogP contribution < -0.4 is 4.74 Å². The third kappa shape index (κ3) is 2.53. The number of hydrogen-bond donors (Lipinski definition) is 0. The predicted octanol–water partition coefficient (Wildman–Crippen LogP) is 3.85. The Hall–Kier alpha value is -2.09. The highest BCUT2D eigenvalue weighted by Gasteiger charge is 2.15. The fraction of sp³-hybridized carbons (Fsp3) is 0.235. The third-order valence-electron chi connectivity index (χ3n) is 3.38. The second-order valence-electron chi connectivity index (χ2n) is 4.78. The number of ether oxygens (including phenoxy) is 1. The molecule has 0 saturated carbocycles. The molecule has 2 rings (SSSR count). The van der Waals surface area contributed by atoms with Crippen molar-refractivity contribution in [3.8, 4) is 5.75 Å². The van der Waals surface area contributed by atoms with E-state index in [-0.39, 0.29) is 5.78 Å². The number of rotatable bonds is 3. The molecule has 0 N–H and O–H groups in total. The van der Waals surface area contributed by atoms with Gasteiger partial charge < -0.3 is 4.74 Å². The maximum Gasteiger partial charge on any atom is 0.193 e. The largest absolute Gasteiger partial charge is 0.496 e. The van der Waals surface area contributed by atoms with Gasteiger partial charge in [0.2, 0.25) is 0 Å². The molecule has 0 aliphatic heterocycles. The van der Waals surface area contributed by atoms with E-state index in [0.29, 0.717) is 0 Å². The molecule has 0 aromatic heterocycles. The second kappa shape index (κ2) is 5.27. The molecular weight excluding hydrogens is 236 g/mol. The maximum atomic E-state index is 12.6. The van der Waals surface area contributed by atoms with Gasteiger partial charge in [-0.05, 0) is 49.6 Å². The van der Waals surface area contributed by atoms with Crippen molar-refractivity contribution in [1.29, 1.82) is 0 Å². The number of methoxy groups -OCH3 is 1. The lowest BCUT2D eigenvalue weighted by Gasteiger charge is -2.11. The van der Waals surface area contributed by atoms with Crippen molar-refractivity contribution in [2.45, 2.75) is 20.8 Å². The lowest BCUT2D eigenvalue weighted by Crippen LogP contribution is -2.06. The molecule has 0 spiro atoms. The van der Waals surface area contributed by atoms with Crippen LogP contribution in [0.2, 0.25) is 0 Å². The molecule has 0 amide bonds. The minimum atomic E-state index is 0.0707. The van der Waals surface area contributed by atoms with Crippen LogP contribution in [0.3, 0.4) is 0 Å². The van der Waals surface area contributed by atoms with Gasteiger partial charge in [0, 0.05) is 11.1 Å². The first-order valence-electron chi connectivity index (χ1n) is 6.30. The number of benzene rings is 2. The zero-order chi connectivity index (χ0) is 14.0. The molecule has 2 heteroatoms. The molecule has 0 aliphatic rings. The van der Waals surface area contributed by atoms with Gasteiger partial charge in [-0.2, -0.15) is 0 Å². The molecule has 0 bridgehead atoms. The fourth-order valence-corrected chi connectivity index (χ4v) is 2.23. The summed E-state index contributed by atoms with van der Waals surface area (Å²) < 4.78 is 5.28. The Kier molecular flexibility index (Phi) is 3.70. The zero-order valence-corrected chi connectivity index (χ0v) is 11.8. The molecule has 0 fully saturated rings. The summed E-state index contributed by atoms with van der Waals surface area (Å²) in [6, 6.07) is 11.5. The topological polar surface area (TPSA) is 26.3 Å². The smallest absolute Gasteiger partial charge is 0.193 e. The van der Waals surface area contributed by atoms with Gasteiger partial charge in [0.15, 0.2) is 5.78 Å². The van der Waals surface area contributed by atoms with Gasteiger partial charge in [-0.15, -0.1) is 0 Å². The molecule has 98 valence electrons. The Morgan fingerprint density at radius 2 is 1.58 bits per heavy atom. The monoisotopic (exact) mass is 254 g/mol. The molecular formula is C17H18O2. The van der Waals surface area contributed by atoms with Gasteiger partial charge in [-0.3, -0.25) is 4.79 Å². The van der Waals surface area contributed by atoms with Crippen molar-refractivity contribution >= 4 is 5.78 Å². The summed E-state index contributed by atoms with van der Waals surface area (Å²) in [6.07, 6.45) is 0. The molecule has 0 radical (unpaired) electrons. The standard InChI is InChI=1S/C17H18O2/c1-11-7-5-6-8-14(11)17(18)15-9-13(3)16(19-4)10-12(15)2/h5-10H,1-4H3. The van der Waals surface area contributed by atoms with E-state index in [0.717, 1.165) is 33.6 Å². The summed E-state index contributed by atoms with van der Waals surface area (Å²) in [5, 5.41) is 0. The number of ketones is 1. The second-order valence-corrected chi connectivity index (χ2v) is 4.78. The van der Waals surface area contributed by atoms with Crippen LogP contribution in [-0.2, 0) is 0 Å². The van der Waals surface area contributed by atoms with Crippen molar-refractivity contribution in [3.63, 3.8) is 0 Å². The van der Waals surface area contributed by atoms with Crippen molar-refractivity contribution in [2.75, 3.05) is 7.11 Å². The minimum Gasteiger partial charge on any atom is -0.496 e. The van der Waals surface area contributed by atoms with Gasteiger partial charge in [0.1, 0.15) is 5.75 Å². The SMILES string of the molecule is COc1cc(C)c(C(=O)c2ccccc2C)cc1C. The van der Waals surface area contributed by atoms with Crippen molar-refractivity contribution in [3.05, 3.63) is 64.2 Å². The Balaban J connectivity index is 2.51. The maximum absolute atomic E-state index is 12.6. The summed E-state index contributed by atoms with van der Waals surface area (Å²) >= 11 is 0. The first-order valence-corrected chi connectivity index (χ1v) is 6.30. The highest BCUT2D eigenvalue weighted by molar-refractivity contribution is 6.10. The van der Waals surface area contributed by atoms with Gasteiger partial charge in [0.05, 0.1) is 7.11 Å². The van der Waals surface area contributed by atoms with Crippen LogP contribution in [0.4, 0.5) is 0 Å². The molecule has 0 heterocycles.